The van der Waals surface area contributed by atoms with E-state index in [-0.39, 0.29) is 11.6 Å². The summed E-state index contributed by atoms with van der Waals surface area (Å²) in [4.78, 5) is 11.2. The second-order valence-corrected chi connectivity index (χ2v) is 9.51. The van der Waals surface area contributed by atoms with Gasteiger partial charge in [-0.1, -0.05) is 12.1 Å². The Balaban J connectivity index is 0.000000275. The van der Waals surface area contributed by atoms with E-state index in [9.17, 15) is 13.6 Å². The fourth-order valence-corrected chi connectivity index (χ4v) is 5.34. The number of nitrogens with one attached hydrogen (secondary N) is 1. The highest BCUT2D eigenvalue weighted by molar-refractivity contribution is 7.99. The molecule has 0 aliphatic carbocycles. The summed E-state index contributed by atoms with van der Waals surface area (Å²) in [5.74, 6) is 2.00. The first kappa shape index (κ1) is 23.2. The molecular formula is C27H26F2N2OS. The van der Waals surface area contributed by atoms with Crippen LogP contribution in [-0.2, 0) is 0 Å². The number of hydrogen-bond acceptors (Lipinski definition) is 3. The number of carbonyl (C=O) groups excluding carboxylic acids is 1. The Kier molecular flexibility index (Phi) is 6.96. The number of rotatable bonds is 4. The van der Waals surface area contributed by atoms with E-state index in [2.05, 4.69) is 12.2 Å². The van der Waals surface area contributed by atoms with Gasteiger partial charge in [0.05, 0.1) is 5.52 Å². The zero-order chi connectivity index (χ0) is 23.4. The number of halogens is 2. The molecule has 2 heterocycles. The summed E-state index contributed by atoms with van der Waals surface area (Å²) in [6, 6.07) is 17.8. The van der Waals surface area contributed by atoms with Crippen LogP contribution in [0.1, 0.15) is 23.7 Å². The van der Waals surface area contributed by atoms with Crippen molar-refractivity contribution in [2.75, 3.05) is 18.6 Å². The molecule has 0 amide bonds. The Labute approximate surface area is 196 Å². The minimum atomic E-state index is -0.306. The molecule has 1 atom stereocenters. The van der Waals surface area contributed by atoms with Gasteiger partial charge < -0.3 is 9.88 Å². The summed E-state index contributed by atoms with van der Waals surface area (Å²) in [7, 11) is 2.05. The number of carbonyl (C=O) groups is 1. The largest absolute Gasteiger partial charge is 0.316 e. The van der Waals surface area contributed by atoms with Crippen molar-refractivity contribution in [3.63, 3.8) is 0 Å². The molecule has 1 unspecified atom stereocenters. The van der Waals surface area contributed by atoms with Crippen molar-refractivity contribution in [1.82, 2.24) is 9.88 Å². The molecule has 1 aliphatic rings. The van der Waals surface area contributed by atoms with Gasteiger partial charge in [0, 0.05) is 39.7 Å². The van der Waals surface area contributed by atoms with Gasteiger partial charge in [-0.15, -0.1) is 0 Å². The van der Waals surface area contributed by atoms with Gasteiger partial charge in [0.2, 0.25) is 0 Å². The van der Waals surface area contributed by atoms with E-state index in [1.165, 1.54) is 42.2 Å². The first-order chi connectivity index (χ1) is 15.9. The van der Waals surface area contributed by atoms with Crippen LogP contribution in [0, 0.1) is 11.6 Å². The van der Waals surface area contributed by atoms with Crippen LogP contribution in [-0.4, -0.2) is 34.9 Å². The fraction of sp³-hybridized carbons (Fsp3) is 0.222. The standard InChI is InChI=1S/C21H13F2NO.C6H13NS/c22-16-4-2-15(3-5-16)20-12-24(18-8-6-17(23)7-9-18)21-10-1-14(13-25)11-19(20)21;1-6(7-2)3-4-8-5-6/h1-13H;7H,3-5H2,1-2H3. The van der Waals surface area contributed by atoms with Gasteiger partial charge in [-0.3, -0.25) is 4.79 Å². The van der Waals surface area contributed by atoms with Crippen molar-refractivity contribution in [2.24, 2.45) is 0 Å². The van der Waals surface area contributed by atoms with Crippen LogP contribution in [0.4, 0.5) is 8.78 Å². The minimum Gasteiger partial charge on any atom is -0.316 e. The van der Waals surface area contributed by atoms with Crippen LogP contribution in [0.15, 0.2) is 72.9 Å². The first-order valence-corrected chi connectivity index (χ1v) is 12.0. The maximum absolute atomic E-state index is 13.3. The van der Waals surface area contributed by atoms with Crippen LogP contribution in [0.25, 0.3) is 27.7 Å². The molecule has 3 nitrogen and oxygen atoms in total. The molecular weight excluding hydrogens is 438 g/mol. The number of hydrogen-bond donors (Lipinski definition) is 1. The molecule has 0 spiro atoms. The monoisotopic (exact) mass is 464 g/mol. The van der Waals surface area contributed by atoms with Crippen LogP contribution in [0.5, 0.6) is 0 Å². The lowest BCUT2D eigenvalue weighted by atomic mass is 10.0. The van der Waals surface area contributed by atoms with Gasteiger partial charge in [0.25, 0.3) is 0 Å². The maximum Gasteiger partial charge on any atom is 0.150 e. The number of benzene rings is 3. The van der Waals surface area contributed by atoms with Gasteiger partial charge in [0.15, 0.2) is 0 Å². The maximum atomic E-state index is 13.3. The Bertz CT molecular complexity index is 1240. The molecule has 0 bridgehead atoms. The van der Waals surface area contributed by atoms with Gasteiger partial charge in [0.1, 0.15) is 17.9 Å². The summed E-state index contributed by atoms with van der Waals surface area (Å²) in [5.41, 5.74) is 4.42. The molecule has 3 aromatic carbocycles. The van der Waals surface area contributed by atoms with E-state index in [1.807, 2.05) is 35.6 Å². The van der Waals surface area contributed by atoms with Gasteiger partial charge in [-0.05, 0) is 86.3 Å². The van der Waals surface area contributed by atoms with Crippen LogP contribution < -0.4 is 5.32 Å². The van der Waals surface area contributed by atoms with Gasteiger partial charge in [-0.25, -0.2) is 8.78 Å². The summed E-state index contributed by atoms with van der Waals surface area (Å²) >= 11 is 2.04. The Hall–Kier alpha value is -2.96. The van der Waals surface area contributed by atoms with Crippen molar-refractivity contribution < 1.29 is 13.6 Å². The molecule has 1 fully saturated rings. The minimum absolute atomic E-state index is 0.304. The third-order valence-corrected chi connectivity index (χ3v) is 7.38. The highest BCUT2D eigenvalue weighted by Crippen LogP contribution is 2.33. The molecule has 4 aromatic rings. The first-order valence-electron chi connectivity index (χ1n) is 10.8. The van der Waals surface area contributed by atoms with Crippen LogP contribution >= 0.6 is 11.8 Å². The van der Waals surface area contributed by atoms with Crippen molar-refractivity contribution >= 4 is 29.0 Å². The van der Waals surface area contributed by atoms with E-state index in [1.54, 1.807) is 36.4 Å². The second-order valence-electron chi connectivity index (χ2n) is 8.40. The SMILES string of the molecule is CNC1(C)CCSC1.O=Cc1ccc2c(c1)c(-c1ccc(F)cc1)cn2-c1ccc(F)cc1. The summed E-state index contributed by atoms with van der Waals surface area (Å²) < 4.78 is 28.4. The van der Waals surface area contributed by atoms with Crippen molar-refractivity contribution in [2.45, 2.75) is 18.9 Å². The summed E-state index contributed by atoms with van der Waals surface area (Å²) in [6.07, 6.45) is 4.04. The average molecular weight is 465 g/mol. The second kappa shape index (κ2) is 9.89. The predicted molar refractivity (Wildman–Crippen MR) is 133 cm³/mol. The van der Waals surface area contributed by atoms with Crippen LogP contribution in [0.3, 0.4) is 0 Å². The molecule has 33 heavy (non-hydrogen) atoms. The molecule has 170 valence electrons. The van der Waals surface area contributed by atoms with E-state index >= 15 is 0 Å². The lowest BCUT2D eigenvalue weighted by Crippen LogP contribution is -2.39. The number of fused-ring (bicyclic) bond motifs is 1. The molecule has 1 N–H and O–H groups in total. The van der Waals surface area contributed by atoms with Gasteiger partial charge >= 0.3 is 0 Å². The van der Waals surface area contributed by atoms with Crippen LogP contribution in [0.2, 0.25) is 0 Å². The normalized spacial score (nSPS) is 17.6. The zero-order valence-electron chi connectivity index (χ0n) is 18.6. The summed E-state index contributed by atoms with van der Waals surface area (Å²) in [6.45, 7) is 2.28. The zero-order valence-corrected chi connectivity index (χ0v) is 19.5. The van der Waals surface area contributed by atoms with E-state index < -0.39 is 0 Å². The third-order valence-electron chi connectivity index (χ3n) is 6.05. The molecule has 1 aliphatic heterocycles. The average Bonchev–Trinajstić information content (AvgIpc) is 3.45. The molecule has 0 saturated carbocycles. The molecule has 6 heteroatoms. The van der Waals surface area contributed by atoms with E-state index in [0.29, 0.717) is 11.1 Å². The van der Waals surface area contributed by atoms with E-state index in [4.69, 9.17) is 0 Å². The number of aromatic nitrogens is 1. The van der Waals surface area contributed by atoms with E-state index in [0.717, 1.165) is 34.0 Å². The lowest BCUT2D eigenvalue weighted by molar-refractivity contribution is 0.112. The quantitative estimate of drug-likeness (QED) is 0.351. The lowest BCUT2D eigenvalue weighted by Gasteiger charge is -2.20. The summed E-state index contributed by atoms with van der Waals surface area (Å²) in [5, 5.41) is 4.19. The third kappa shape index (κ3) is 5.18. The predicted octanol–water partition coefficient (Wildman–Crippen LogP) is 6.49. The number of aldehydes is 1. The smallest absolute Gasteiger partial charge is 0.150 e. The number of thioether (sulfide) groups is 1. The molecule has 1 aromatic heterocycles. The van der Waals surface area contributed by atoms with Gasteiger partial charge in [-0.2, -0.15) is 11.8 Å². The molecule has 0 radical (unpaired) electrons. The van der Waals surface area contributed by atoms with Crippen molar-refractivity contribution in [3.8, 4) is 16.8 Å². The topological polar surface area (TPSA) is 34.0 Å². The highest BCUT2D eigenvalue weighted by Gasteiger charge is 2.26. The van der Waals surface area contributed by atoms with Crippen molar-refractivity contribution in [3.05, 3.63) is 90.1 Å². The fourth-order valence-electron chi connectivity index (χ4n) is 3.86. The molecule has 1 saturated heterocycles. The highest BCUT2D eigenvalue weighted by atomic mass is 32.2. The van der Waals surface area contributed by atoms with Crippen molar-refractivity contribution in [1.29, 1.82) is 0 Å². The Morgan fingerprint density at radius 3 is 2.21 bits per heavy atom. The Morgan fingerprint density at radius 1 is 1.00 bits per heavy atom. The molecule has 5 rings (SSSR count). The Morgan fingerprint density at radius 2 is 1.67 bits per heavy atom. The number of nitrogens with zero attached hydrogens (tertiary/aromatic N) is 1.